The molecule has 4 aromatic rings. The van der Waals surface area contributed by atoms with Crippen LogP contribution in [0.25, 0.3) is 16.1 Å². The number of carbonyl (C=O) groups is 2. The number of rotatable bonds is 4. The van der Waals surface area contributed by atoms with Gasteiger partial charge in [0.1, 0.15) is 11.6 Å². The van der Waals surface area contributed by atoms with E-state index < -0.39 is 6.04 Å². The minimum absolute atomic E-state index is 0.0489. The molecule has 4 heterocycles. The van der Waals surface area contributed by atoms with Crippen LogP contribution in [0.2, 0.25) is 0 Å². The zero-order valence-electron chi connectivity index (χ0n) is 17.9. The lowest BCUT2D eigenvalue weighted by Gasteiger charge is -2.39. The Morgan fingerprint density at radius 2 is 1.97 bits per heavy atom. The van der Waals surface area contributed by atoms with Crippen LogP contribution in [0.15, 0.2) is 60.4 Å². The fourth-order valence-corrected chi connectivity index (χ4v) is 4.83. The monoisotopic (exact) mass is 445 g/mol. The third-order valence-corrected chi connectivity index (χ3v) is 6.80. The van der Waals surface area contributed by atoms with E-state index >= 15 is 0 Å². The minimum Gasteiger partial charge on any atom is -0.342 e. The van der Waals surface area contributed by atoms with Gasteiger partial charge >= 0.3 is 0 Å². The fourth-order valence-electron chi connectivity index (χ4n) is 4.10. The molecular weight excluding hydrogens is 422 g/mol. The molecule has 0 bridgehead atoms. The van der Waals surface area contributed by atoms with Gasteiger partial charge in [-0.25, -0.2) is 9.50 Å². The molecular formula is C24H23N5O2S. The van der Waals surface area contributed by atoms with E-state index in [0.717, 1.165) is 16.7 Å². The normalized spacial score (nSPS) is 16.7. The first-order valence-electron chi connectivity index (χ1n) is 10.5. The molecule has 1 aliphatic rings. The number of fused-ring (bicyclic) bond motifs is 1. The summed E-state index contributed by atoms with van der Waals surface area (Å²) in [5, 5.41) is 6.34. The van der Waals surface area contributed by atoms with Gasteiger partial charge in [-0.2, -0.15) is 5.10 Å². The summed E-state index contributed by atoms with van der Waals surface area (Å²) in [7, 11) is 1.79. The van der Waals surface area contributed by atoms with Crippen molar-refractivity contribution in [2.45, 2.75) is 19.4 Å². The summed E-state index contributed by atoms with van der Waals surface area (Å²) < 4.78 is 1.61. The van der Waals surface area contributed by atoms with Crippen molar-refractivity contribution in [1.29, 1.82) is 0 Å². The first-order valence-corrected chi connectivity index (χ1v) is 11.4. The third-order valence-electron chi connectivity index (χ3n) is 5.88. The molecule has 0 radical (unpaired) electrons. The fraction of sp³-hybridized carbons (Fsp3) is 0.250. The molecule has 0 saturated carbocycles. The van der Waals surface area contributed by atoms with Crippen LogP contribution in [0, 0.1) is 6.92 Å². The molecule has 1 atom stereocenters. The lowest BCUT2D eigenvalue weighted by Crippen LogP contribution is -2.58. The summed E-state index contributed by atoms with van der Waals surface area (Å²) in [4.78, 5) is 35.5. The molecule has 0 aliphatic carbocycles. The van der Waals surface area contributed by atoms with Gasteiger partial charge in [0.2, 0.25) is 5.91 Å². The number of nitrogens with zero attached hydrogens (tertiary/aromatic N) is 5. The largest absolute Gasteiger partial charge is 0.342 e. The maximum atomic E-state index is 13.5. The van der Waals surface area contributed by atoms with E-state index in [1.54, 1.807) is 45.1 Å². The van der Waals surface area contributed by atoms with Gasteiger partial charge in [0.25, 0.3) is 5.91 Å². The summed E-state index contributed by atoms with van der Waals surface area (Å²) in [5.74, 6) is -0.259. The average Bonchev–Trinajstić information content (AvgIpc) is 3.47. The standard InChI is InChI=1S/C24H23N5O2S/c1-16-13-25-22-19(14-26-29(22)15-16)23(30)28-10-9-27(2)24(31)20(28)12-17-5-7-18(8-6-17)21-4-3-11-32-21/h3-8,11,13-15,20H,9-10,12H2,1-2H3/t20-/m0/s1. The van der Waals surface area contributed by atoms with E-state index in [1.165, 1.54) is 4.88 Å². The molecule has 8 heteroatoms. The Bertz CT molecular complexity index is 1280. The topological polar surface area (TPSA) is 70.8 Å². The molecule has 5 rings (SSSR count). The second-order valence-corrected chi connectivity index (χ2v) is 9.06. The molecule has 0 unspecified atom stereocenters. The average molecular weight is 446 g/mol. The quantitative estimate of drug-likeness (QED) is 0.483. The van der Waals surface area contributed by atoms with Crippen molar-refractivity contribution in [1.82, 2.24) is 24.4 Å². The van der Waals surface area contributed by atoms with E-state index in [9.17, 15) is 9.59 Å². The second kappa shape index (κ2) is 8.20. The van der Waals surface area contributed by atoms with Crippen molar-refractivity contribution in [3.05, 3.63) is 77.1 Å². The van der Waals surface area contributed by atoms with Gasteiger partial charge in [-0.1, -0.05) is 30.3 Å². The number of benzene rings is 1. The van der Waals surface area contributed by atoms with Gasteiger partial charge in [-0.15, -0.1) is 11.3 Å². The summed E-state index contributed by atoms with van der Waals surface area (Å²) in [5.41, 5.74) is 4.05. The van der Waals surface area contributed by atoms with Crippen LogP contribution in [0.5, 0.6) is 0 Å². The van der Waals surface area contributed by atoms with Crippen molar-refractivity contribution in [3.8, 4) is 10.4 Å². The lowest BCUT2D eigenvalue weighted by molar-refractivity contribution is -0.138. The SMILES string of the molecule is Cc1cnc2c(C(=O)N3CCN(C)C(=O)[C@@H]3Cc3ccc(-c4cccs4)cc3)cnn2c1. The van der Waals surface area contributed by atoms with E-state index in [0.29, 0.717) is 30.7 Å². The number of hydrogen-bond acceptors (Lipinski definition) is 5. The predicted molar refractivity (Wildman–Crippen MR) is 124 cm³/mol. The Labute approximate surface area is 189 Å². The van der Waals surface area contributed by atoms with Crippen LogP contribution in [0.3, 0.4) is 0 Å². The number of aromatic nitrogens is 3. The van der Waals surface area contributed by atoms with Gasteiger partial charge in [0.05, 0.1) is 6.20 Å². The zero-order valence-corrected chi connectivity index (χ0v) is 18.7. The lowest BCUT2D eigenvalue weighted by atomic mass is 9.99. The highest BCUT2D eigenvalue weighted by Gasteiger charge is 2.37. The molecule has 1 aromatic carbocycles. The van der Waals surface area contributed by atoms with Gasteiger partial charge < -0.3 is 9.80 Å². The zero-order chi connectivity index (χ0) is 22.2. The molecule has 0 spiro atoms. The molecule has 7 nitrogen and oxygen atoms in total. The summed E-state index contributed by atoms with van der Waals surface area (Å²) in [6.07, 6.45) is 5.56. The molecule has 32 heavy (non-hydrogen) atoms. The molecule has 3 aromatic heterocycles. The van der Waals surface area contributed by atoms with Crippen molar-refractivity contribution in [3.63, 3.8) is 0 Å². The molecule has 162 valence electrons. The van der Waals surface area contributed by atoms with Crippen molar-refractivity contribution in [2.75, 3.05) is 20.1 Å². The number of carbonyl (C=O) groups excluding carboxylic acids is 2. The number of hydrogen-bond donors (Lipinski definition) is 0. The van der Waals surface area contributed by atoms with Crippen LogP contribution in [0.1, 0.15) is 21.5 Å². The van der Waals surface area contributed by atoms with Crippen LogP contribution in [0.4, 0.5) is 0 Å². The minimum atomic E-state index is -0.561. The Kier molecular flexibility index (Phi) is 5.22. The van der Waals surface area contributed by atoms with Gasteiger partial charge in [-0.05, 0) is 35.1 Å². The van der Waals surface area contributed by atoms with Gasteiger partial charge in [-0.3, -0.25) is 9.59 Å². The third kappa shape index (κ3) is 3.67. The molecule has 1 aliphatic heterocycles. The van der Waals surface area contributed by atoms with E-state index in [2.05, 4.69) is 33.7 Å². The highest BCUT2D eigenvalue weighted by atomic mass is 32.1. The van der Waals surface area contributed by atoms with Crippen molar-refractivity contribution >= 4 is 28.8 Å². The maximum absolute atomic E-state index is 13.5. The Hall–Kier alpha value is -3.52. The predicted octanol–water partition coefficient (Wildman–Crippen LogP) is 3.29. The summed E-state index contributed by atoms with van der Waals surface area (Å²) in [6, 6.07) is 11.8. The highest BCUT2D eigenvalue weighted by molar-refractivity contribution is 7.13. The van der Waals surface area contributed by atoms with Crippen LogP contribution in [-0.2, 0) is 11.2 Å². The Morgan fingerprint density at radius 3 is 2.72 bits per heavy atom. The van der Waals surface area contributed by atoms with E-state index in [-0.39, 0.29) is 11.8 Å². The Balaban J connectivity index is 1.43. The second-order valence-electron chi connectivity index (χ2n) is 8.11. The first kappa shape index (κ1) is 20.4. The summed E-state index contributed by atoms with van der Waals surface area (Å²) >= 11 is 1.70. The molecule has 2 amide bonds. The van der Waals surface area contributed by atoms with Gasteiger partial charge in [0, 0.05) is 43.8 Å². The molecule has 1 fully saturated rings. The first-order chi connectivity index (χ1) is 15.5. The smallest absolute Gasteiger partial charge is 0.260 e. The van der Waals surface area contributed by atoms with Crippen LogP contribution in [-0.4, -0.2) is 62.4 Å². The van der Waals surface area contributed by atoms with Gasteiger partial charge in [0.15, 0.2) is 5.65 Å². The van der Waals surface area contributed by atoms with Crippen LogP contribution >= 0.6 is 11.3 Å². The number of amides is 2. The number of piperazine rings is 1. The number of thiophene rings is 1. The number of likely N-dealkylation sites (N-methyl/N-ethyl adjacent to an activating group) is 1. The van der Waals surface area contributed by atoms with E-state index in [4.69, 9.17) is 0 Å². The molecule has 0 N–H and O–H groups in total. The Morgan fingerprint density at radius 1 is 1.16 bits per heavy atom. The number of aryl methyl sites for hydroxylation is 1. The van der Waals surface area contributed by atoms with Crippen LogP contribution < -0.4 is 0 Å². The van der Waals surface area contributed by atoms with E-state index in [1.807, 2.05) is 31.3 Å². The maximum Gasteiger partial charge on any atom is 0.260 e. The molecule has 1 saturated heterocycles. The van der Waals surface area contributed by atoms with Crippen molar-refractivity contribution < 1.29 is 9.59 Å². The van der Waals surface area contributed by atoms with Crippen molar-refractivity contribution in [2.24, 2.45) is 0 Å². The highest BCUT2D eigenvalue weighted by Crippen LogP contribution is 2.26. The summed E-state index contributed by atoms with van der Waals surface area (Å²) in [6.45, 7) is 2.90.